The molecule has 190 valence electrons. The second-order valence-electron chi connectivity index (χ2n) is 9.47. The van der Waals surface area contributed by atoms with Crippen molar-refractivity contribution in [3.63, 3.8) is 0 Å². The third-order valence-electron chi connectivity index (χ3n) is 6.84. The Morgan fingerprint density at radius 1 is 1.17 bits per heavy atom. The predicted molar refractivity (Wildman–Crippen MR) is 125 cm³/mol. The topological polar surface area (TPSA) is 98.4 Å². The lowest BCUT2D eigenvalue weighted by Gasteiger charge is -2.35. The largest absolute Gasteiger partial charge is 0.342 e. The fourth-order valence-electron chi connectivity index (χ4n) is 4.88. The highest BCUT2D eigenvalue weighted by atomic mass is 19.3. The van der Waals surface area contributed by atoms with Crippen LogP contribution in [0.5, 0.6) is 0 Å². The number of hydrogen-bond donors (Lipinski definition) is 4. The molecule has 0 unspecified atom stereocenters. The minimum atomic E-state index is -2.62. The average molecular weight is 501 g/mol. The van der Waals surface area contributed by atoms with Crippen molar-refractivity contribution in [3.8, 4) is 0 Å². The third-order valence-corrected chi connectivity index (χ3v) is 6.84. The minimum absolute atomic E-state index is 0.0121. The number of hydrazine groups is 2. The lowest BCUT2D eigenvalue weighted by molar-refractivity contribution is -0.138. The van der Waals surface area contributed by atoms with Crippen molar-refractivity contribution in [2.24, 2.45) is 0 Å². The molecule has 0 bridgehead atoms. The van der Waals surface area contributed by atoms with E-state index < -0.39 is 30.1 Å². The number of rotatable bonds is 7. The minimum Gasteiger partial charge on any atom is -0.342 e. The van der Waals surface area contributed by atoms with Crippen LogP contribution < -0.4 is 21.7 Å². The second kappa shape index (κ2) is 9.81. The van der Waals surface area contributed by atoms with Crippen molar-refractivity contribution in [2.75, 3.05) is 6.54 Å². The fraction of sp³-hybridized carbons (Fsp3) is 0.400. The summed E-state index contributed by atoms with van der Waals surface area (Å²) in [5.74, 6) is -3.71. The number of pyridine rings is 1. The van der Waals surface area contributed by atoms with Crippen LogP contribution in [0.2, 0.25) is 0 Å². The molecule has 11 heteroatoms. The van der Waals surface area contributed by atoms with Crippen molar-refractivity contribution in [3.05, 3.63) is 77.4 Å². The summed E-state index contributed by atoms with van der Waals surface area (Å²) in [7, 11) is 0. The standard InChI is InChI=1S/C25H27F3N6O2/c26-18-8-21(34(14-18)22(35)9-19-13-30-33-32-19)24(36)31-23(15-4-2-1-3-5-15)20-7-6-16(12-29-20)17-10-25(27,28)11-17/h1-7,12-13,17-18,21,23,30,32-33H,8-11,14H2,(H,31,36)/t18-,21+,23+/m1/s1. The highest BCUT2D eigenvalue weighted by Crippen LogP contribution is 2.48. The maximum absolute atomic E-state index is 14.4. The van der Waals surface area contributed by atoms with Gasteiger partial charge in [-0.25, -0.2) is 13.2 Å². The number of likely N-dealkylation sites (tertiary alicyclic amines) is 1. The summed E-state index contributed by atoms with van der Waals surface area (Å²) in [6.07, 6.45) is 1.36. The lowest BCUT2D eigenvalue weighted by atomic mass is 9.77. The van der Waals surface area contributed by atoms with Gasteiger partial charge in [-0.2, -0.15) is 5.53 Å². The Morgan fingerprint density at radius 3 is 2.58 bits per heavy atom. The third kappa shape index (κ3) is 5.15. The molecule has 5 rings (SSSR count). The molecule has 36 heavy (non-hydrogen) atoms. The van der Waals surface area contributed by atoms with E-state index in [4.69, 9.17) is 0 Å². The molecule has 1 aliphatic carbocycles. The van der Waals surface area contributed by atoms with E-state index in [1.165, 1.54) is 4.90 Å². The van der Waals surface area contributed by atoms with Gasteiger partial charge in [0.1, 0.15) is 12.2 Å². The molecule has 2 aliphatic heterocycles. The van der Waals surface area contributed by atoms with E-state index in [-0.39, 0.29) is 44.1 Å². The zero-order chi connectivity index (χ0) is 25.3. The Hall–Kier alpha value is -3.60. The molecular weight excluding hydrogens is 473 g/mol. The molecule has 4 N–H and O–H groups in total. The van der Waals surface area contributed by atoms with Crippen molar-refractivity contribution < 1.29 is 22.8 Å². The van der Waals surface area contributed by atoms with Gasteiger partial charge < -0.3 is 21.1 Å². The molecule has 1 saturated carbocycles. The van der Waals surface area contributed by atoms with Gasteiger partial charge in [0, 0.05) is 31.7 Å². The van der Waals surface area contributed by atoms with Crippen molar-refractivity contribution >= 4 is 11.8 Å². The second-order valence-corrected chi connectivity index (χ2v) is 9.47. The van der Waals surface area contributed by atoms with E-state index in [9.17, 15) is 22.8 Å². The fourth-order valence-corrected chi connectivity index (χ4v) is 4.88. The van der Waals surface area contributed by atoms with Crippen molar-refractivity contribution in [1.29, 1.82) is 0 Å². The molecule has 3 heterocycles. The summed E-state index contributed by atoms with van der Waals surface area (Å²) in [5.41, 5.74) is 10.7. The Bertz CT molecular complexity index is 1140. The number of carbonyl (C=O) groups excluding carboxylic acids is 2. The summed E-state index contributed by atoms with van der Waals surface area (Å²) in [6.45, 7) is -0.153. The number of amides is 2. The normalized spacial score (nSPS) is 23.8. The predicted octanol–water partition coefficient (Wildman–Crippen LogP) is 2.58. The van der Waals surface area contributed by atoms with E-state index in [0.717, 1.165) is 11.1 Å². The van der Waals surface area contributed by atoms with Gasteiger partial charge in [-0.05, 0) is 23.1 Å². The number of nitrogens with one attached hydrogen (secondary N) is 4. The van der Waals surface area contributed by atoms with E-state index in [0.29, 0.717) is 11.4 Å². The van der Waals surface area contributed by atoms with E-state index >= 15 is 0 Å². The SMILES string of the molecule is O=C(N[C@@H](c1ccccc1)c1ccc(C2CC(F)(F)C2)cn1)[C@@H]1C[C@@H](F)CN1C(=O)CC1=CNNN1. The summed E-state index contributed by atoms with van der Waals surface area (Å²) < 4.78 is 40.9. The molecule has 1 aromatic carbocycles. The summed E-state index contributed by atoms with van der Waals surface area (Å²) in [6, 6.07) is 11.0. The summed E-state index contributed by atoms with van der Waals surface area (Å²) >= 11 is 0. The van der Waals surface area contributed by atoms with Crippen LogP contribution in [-0.4, -0.2) is 46.4 Å². The van der Waals surface area contributed by atoms with Gasteiger partial charge in [0.05, 0.1) is 30.4 Å². The van der Waals surface area contributed by atoms with Gasteiger partial charge in [0.25, 0.3) is 0 Å². The lowest BCUT2D eigenvalue weighted by Crippen LogP contribution is -2.47. The Labute approximate surface area is 206 Å². The van der Waals surface area contributed by atoms with Crippen molar-refractivity contribution in [1.82, 2.24) is 31.6 Å². The Morgan fingerprint density at radius 2 is 1.94 bits per heavy atom. The number of aromatic nitrogens is 1. The number of halogens is 3. The van der Waals surface area contributed by atoms with Crippen LogP contribution in [0.3, 0.4) is 0 Å². The van der Waals surface area contributed by atoms with Gasteiger partial charge in [-0.1, -0.05) is 36.4 Å². The van der Waals surface area contributed by atoms with E-state index in [2.05, 4.69) is 26.7 Å². The number of hydrogen-bond acceptors (Lipinski definition) is 6. The first kappa shape index (κ1) is 24.1. The molecule has 3 aliphatic rings. The molecule has 1 saturated heterocycles. The molecule has 3 atom stereocenters. The zero-order valence-electron chi connectivity index (χ0n) is 19.4. The quantitative estimate of drug-likeness (QED) is 0.467. The van der Waals surface area contributed by atoms with Crippen LogP contribution in [0.15, 0.2) is 60.6 Å². The highest BCUT2D eigenvalue weighted by molar-refractivity contribution is 5.89. The van der Waals surface area contributed by atoms with Gasteiger partial charge in [-0.3, -0.25) is 14.6 Å². The van der Waals surface area contributed by atoms with Gasteiger partial charge in [-0.15, -0.1) is 0 Å². The molecule has 0 radical (unpaired) electrons. The van der Waals surface area contributed by atoms with Gasteiger partial charge in [0.2, 0.25) is 17.7 Å². The first-order valence-corrected chi connectivity index (χ1v) is 11.9. The average Bonchev–Trinajstić information content (AvgIpc) is 3.51. The first-order chi connectivity index (χ1) is 17.3. The molecule has 2 aromatic rings. The maximum atomic E-state index is 14.4. The van der Waals surface area contributed by atoms with Gasteiger partial charge in [0.15, 0.2) is 0 Å². The smallest absolute Gasteiger partial charge is 0.249 e. The monoisotopic (exact) mass is 500 g/mol. The molecule has 1 aromatic heterocycles. The summed E-state index contributed by atoms with van der Waals surface area (Å²) in [5, 5.41) is 2.94. The first-order valence-electron chi connectivity index (χ1n) is 11.9. The highest BCUT2D eigenvalue weighted by Gasteiger charge is 2.46. The molecular formula is C25H27F3N6O2. The van der Waals surface area contributed by atoms with Crippen LogP contribution in [0.1, 0.15) is 54.5 Å². The van der Waals surface area contributed by atoms with Crippen LogP contribution in [0, 0.1) is 0 Å². The van der Waals surface area contributed by atoms with E-state index in [1.807, 2.05) is 30.3 Å². The molecule has 2 amide bonds. The van der Waals surface area contributed by atoms with Crippen molar-refractivity contribution in [2.45, 2.75) is 55.8 Å². The Balaban J connectivity index is 1.33. The number of alkyl halides is 3. The molecule has 2 fully saturated rings. The zero-order valence-corrected chi connectivity index (χ0v) is 19.4. The summed E-state index contributed by atoms with van der Waals surface area (Å²) in [4.78, 5) is 32.0. The molecule has 0 spiro atoms. The van der Waals surface area contributed by atoms with Crippen LogP contribution >= 0.6 is 0 Å². The maximum Gasteiger partial charge on any atom is 0.249 e. The number of nitrogens with zero attached hydrogens (tertiary/aromatic N) is 2. The van der Waals surface area contributed by atoms with Crippen LogP contribution in [-0.2, 0) is 9.59 Å². The Kier molecular flexibility index (Phi) is 6.57. The van der Waals surface area contributed by atoms with Gasteiger partial charge >= 0.3 is 0 Å². The number of benzene rings is 1. The number of carbonyl (C=O) groups is 2. The van der Waals surface area contributed by atoms with Crippen LogP contribution in [0.4, 0.5) is 13.2 Å². The van der Waals surface area contributed by atoms with Crippen LogP contribution in [0.25, 0.3) is 0 Å². The van der Waals surface area contributed by atoms with E-state index in [1.54, 1.807) is 24.5 Å². The molecule has 8 nitrogen and oxygen atoms in total.